The summed E-state index contributed by atoms with van der Waals surface area (Å²) in [6, 6.07) is 11.7. The van der Waals surface area contributed by atoms with Crippen LogP contribution in [-0.4, -0.2) is 56.7 Å². The van der Waals surface area contributed by atoms with Crippen molar-refractivity contribution in [3.63, 3.8) is 0 Å². The molecule has 0 bridgehead atoms. The Morgan fingerprint density at radius 2 is 2.00 bits per heavy atom. The molecule has 0 radical (unpaired) electrons. The van der Waals surface area contributed by atoms with Crippen molar-refractivity contribution < 1.29 is 9.21 Å². The average molecular weight is 432 g/mol. The van der Waals surface area contributed by atoms with Crippen molar-refractivity contribution in [1.29, 1.82) is 0 Å². The van der Waals surface area contributed by atoms with Gasteiger partial charge in [0, 0.05) is 23.9 Å². The maximum absolute atomic E-state index is 12.8. The first-order valence-electron chi connectivity index (χ1n) is 10.7. The second kappa shape index (κ2) is 8.43. The number of nitrogens with two attached hydrogens (primary N) is 1. The lowest BCUT2D eigenvalue weighted by Crippen LogP contribution is -2.35. The van der Waals surface area contributed by atoms with Crippen LogP contribution in [0.2, 0.25) is 0 Å². The summed E-state index contributed by atoms with van der Waals surface area (Å²) in [4.78, 5) is 23.9. The Bertz CT molecular complexity index is 1250. The summed E-state index contributed by atoms with van der Waals surface area (Å²) in [5, 5.41) is 7.45. The smallest absolute Gasteiger partial charge is 0.287 e. The second-order valence-electron chi connectivity index (χ2n) is 8.18. The lowest BCUT2D eigenvalue weighted by atomic mass is 10.1. The van der Waals surface area contributed by atoms with Crippen LogP contribution in [0, 0.1) is 0 Å². The fraction of sp³-hybridized carbons (Fsp3) is 0.304. The molecule has 1 aliphatic rings. The van der Waals surface area contributed by atoms with E-state index in [9.17, 15) is 4.79 Å². The van der Waals surface area contributed by atoms with Gasteiger partial charge in [0.25, 0.3) is 11.9 Å². The molecule has 3 N–H and O–H groups in total. The van der Waals surface area contributed by atoms with Crippen LogP contribution in [0.25, 0.3) is 28.2 Å². The van der Waals surface area contributed by atoms with Crippen LogP contribution in [0.5, 0.6) is 0 Å². The van der Waals surface area contributed by atoms with E-state index in [0.717, 1.165) is 43.5 Å². The van der Waals surface area contributed by atoms with Gasteiger partial charge in [-0.15, -0.1) is 0 Å². The molecule has 5 rings (SSSR count). The number of nitrogen functional groups attached to an aromatic ring is 1. The van der Waals surface area contributed by atoms with Crippen molar-refractivity contribution in [3.8, 4) is 17.1 Å². The van der Waals surface area contributed by atoms with Gasteiger partial charge >= 0.3 is 0 Å². The van der Waals surface area contributed by atoms with Gasteiger partial charge in [0.05, 0.1) is 6.20 Å². The van der Waals surface area contributed by atoms with Gasteiger partial charge in [-0.2, -0.15) is 10.1 Å². The highest BCUT2D eigenvalue weighted by Crippen LogP contribution is 2.25. The number of likely N-dealkylation sites (tertiary alicyclic amines) is 1. The minimum atomic E-state index is -0.260. The molecule has 1 aliphatic heterocycles. The second-order valence-corrected chi connectivity index (χ2v) is 8.18. The third-order valence-electron chi connectivity index (χ3n) is 5.79. The Labute approximate surface area is 185 Å². The molecule has 164 valence electrons. The summed E-state index contributed by atoms with van der Waals surface area (Å²) in [7, 11) is 2.10. The van der Waals surface area contributed by atoms with Crippen molar-refractivity contribution in [3.05, 3.63) is 54.6 Å². The van der Waals surface area contributed by atoms with Gasteiger partial charge in [0.2, 0.25) is 0 Å². The van der Waals surface area contributed by atoms with Crippen molar-refractivity contribution in [2.24, 2.45) is 0 Å². The minimum Gasteiger partial charge on any atom is -0.445 e. The summed E-state index contributed by atoms with van der Waals surface area (Å²) in [6.07, 6.45) is 6.51. The van der Waals surface area contributed by atoms with E-state index in [2.05, 4.69) is 32.3 Å². The summed E-state index contributed by atoms with van der Waals surface area (Å²) < 4.78 is 7.28. The number of hydrogen-bond donors (Lipinski definition) is 2. The normalized spacial score (nSPS) is 17.3. The molecule has 1 atom stereocenters. The minimum absolute atomic E-state index is 0.125. The third-order valence-corrected chi connectivity index (χ3v) is 5.79. The predicted molar refractivity (Wildman–Crippen MR) is 121 cm³/mol. The lowest BCUT2D eigenvalue weighted by molar-refractivity contribution is 0.0907. The molecule has 4 heterocycles. The highest BCUT2D eigenvalue weighted by atomic mass is 16.3. The Morgan fingerprint density at radius 3 is 2.84 bits per heavy atom. The molecule has 1 saturated heterocycles. The number of hydrogen-bond acceptors (Lipinski definition) is 7. The molecule has 0 saturated carbocycles. The number of rotatable bonds is 4. The fourth-order valence-corrected chi connectivity index (χ4v) is 4.01. The standard InChI is InChI=1S/C23H25N7O2/c1-29-10-5-8-17(9-11-29)26-22(31)19-12-18-20(32-19)21(24)28-23(27-18)30-14-16(13-25-30)15-6-3-2-4-7-15/h2-4,6-7,12-14,17H,5,8-11H2,1H3,(H,26,31)(H2,24,27,28). The molecule has 4 aromatic rings. The van der Waals surface area contributed by atoms with E-state index < -0.39 is 0 Å². The largest absolute Gasteiger partial charge is 0.445 e. The highest BCUT2D eigenvalue weighted by molar-refractivity contribution is 5.97. The number of nitrogens with one attached hydrogen (secondary N) is 1. The number of amides is 1. The summed E-state index contributed by atoms with van der Waals surface area (Å²) >= 11 is 0. The molecule has 1 unspecified atom stereocenters. The first-order valence-corrected chi connectivity index (χ1v) is 10.7. The first-order chi connectivity index (χ1) is 15.6. The third kappa shape index (κ3) is 4.06. The first kappa shape index (κ1) is 20.2. The Balaban J connectivity index is 1.39. The lowest BCUT2D eigenvalue weighted by Gasteiger charge is -2.15. The van der Waals surface area contributed by atoms with Crippen molar-refractivity contribution >= 4 is 22.8 Å². The molecular weight excluding hydrogens is 406 g/mol. The topological polar surface area (TPSA) is 115 Å². The number of aromatic nitrogens is 4. The molecule has 1 amide bonds. The van der Waals surface area contributed by atoms with Crippen LogP contribution < -0.4 is 11.1 Å². The van der Waals surface area contributed by atoms with Crippen molar-refractivity contribution in [2.45, 2.75) is 25.3 Å². The van der Waals surface area contributed by atoms with E-state index in [1.807, 2.05) is 36.5 Å². The average Bonchev–Trinajstić information content (AvgIpc) is 3.41. The van der Waals surface area contributed by atoms with Gasteiger partial charge in [0.1, 0.15) is 5.52 Å². The summed E-state index contributed by atoms with van der Waals surface area (Å²) in [6.45, 7) is 2.01. The summed E-state index contributed by atoms with van der Waals surface area (Å²) in [5.74, 6) is 0.402. The van der Waals surface area contributed by atoms with Crippen LogP contribution in [-0.2, 0) is 0 Å². The molecule has 1 fully saturated rings. The highest BCUT2D eigenvalue weighted by Gasteiger charge is 2.21. The predicted octanol–water partition coefficient (Wildman–Crippen LogP) is 2.87. The number of furan rings is 1. The van der Waals surface area contributed by atoms with Gasteiger partial charge in [-0.1, -0.05) is 30.3 Å². The number of nitrogens with zero attached hydrogens (tertiary/aromatic N) is 5. The van der Waals surface area contributed by atoms with Gasteiger partial charge in [-0.3, -0.25) is 4.79 Å². The Morgan fingerprint density at radius 1 is 1.16 bits per heavy atom. The van der Waals surface area contributed by atoms with Crippen LogP contribution in [0.3, 0.4) is 0 Å². The zero-order valence-electron chi connectivity index (χ0n) is 17.9. The molecule has 3 aromatic heterocycles. The van der Waals surface area contributed by atoms with Gasteiger partial charge in [-0.25, -0.2) is 9.67 Å². The van der Waals surface area contributed by atoms with E-state index >= 15 is 0 Å². The van der Waals surface area contributed by atoms with E-state index in [1.165, 1.54) is 0 Å². The number of carbonyl (C=O) groups is 1. The van der Waals surface area contributed by atoms with Gasteiger partial charge in [0.15, 0.2) is 17.2 Å². The van der Waals surface area contributed by atoms with Crippen LogP contribution in [0.15, 0.2) is 53.2 Å². The summed E-state index contributed by atoms with van der Waals surface area (Å²) in [5.41, 5.74) is 8.87. The van der Waals surface area contributed by atoms with E-state index in [0.29, 0.717) is 17.0 Å². The maximum Gasteiger partial charge on any atom is 0.287 e. The van der Waals surface area contributed by atoms with Crippen molar-refractivity contribution in [1.82, 2.24) is 30.0 Å². The van der Waals surface area contributed by atoms with E-state index in [4.69, 9.17) is 10.2 Å². The Kier molecular flexibility index (Phi) is 5.32. The molecule has 32 heavy (non-hydrogen) atoms. The molecular formula is C23H25N7O2. The van der Waals surface area contributed by atoms with Crippen LogP contribution >= 0.6 is 0 Å². The molecule has 9 nitrogen and oxygen atoms in total. The monoisotopic (exact) mass is 431 g/mol. The Hall–Kier alpha value is -3.72. The zero-order valence-corrected chi connectivity index (χ0v) is 17.9. The quantitative estimate of drug-likeness (QED) is 0.510. The number of fused-ring (bicyclic) bond motifs is 1. The number of anilines is 1. The molecule has 0 aliphatic carbocycles. The maximum atomic E-state index is 12.8. The number of carbonyl (C=O) groups excluding carboxylic acids is 1. The van der Waals surface area contributed by atoms with Crippen LogP contribution in [0.4, 0.5) is 5.82 Å². The van der Waals surface area contributed by atoms with Crippen molar-refractivity contribution in [2.75, 3.05) is 25.9 Å². The van der Waals surface area contributed by atoms with Gasteiger partial charge < -0.3 is 20.4 Å². The number of benzene rings is 1. The molecule has 1 aromatic carbocycles. The van der Waals surface area contributed by atoms with E-state index in [-0.39, 0.29) is 23.5 Å². The molecule has 9 heteroatoms. The molecule has 0 spiro atoms. The van der Waals surface area contributed by atoms with E-state index in [1.54, 1.807) is 16.9 Å². The SMILES string of the molecule is CN1CCCC(NC(=O)c2cc3nc(-n4cc(-c5ccccc5)cn4)nc(N)c3o2)CC1. The fourth-order valence-electron chi connectivity index (χ4n) is 4.01. The van der Waals surface area contributed by atoms with Crippen LogP contribution in [0.1, 0.15) is 29.8 Å². The zero-order chi connectivity index (χ0) is 22.1. The van der Waals surface area contributed by atoms with Gasteiger partial charge in [-0.05, 0) is 45.0 Å².